The van der Waals surface area contributed by atoms with Crippen LogP contribution in [0.2, 0.25) is 0 Å². The molecular formula is C33H56O4. The van der Waals surface area contributed by atoms with Crippen LogP contribution in [0.25, 0.3) is 0 Å². The number of esters is 1. The van der Waals surface area contributed by atoms with Crippen LogP contribution in [0.4, 0.5) is 0 Å². The van der Waals surface area contributed by atoms with Gasteiger partial charge >= 0.3 is 5.97 Å². The van der Waals surface area contributed by atoms with Gasteiger partial charge in [0.15, 0.2) is 6.10 Å². The van der Waals surface area contributed by atoms with Gasteiger partial charge in [0.25, 0.3) is 0 Å². The van der Waals surface area contributed by atoms with Crippen molar-refractivity contribution < 1.29 is 19.1 Å². The number of carbonyl (C=O) groups is 2. The zero-order valence-electron chi connectivity index (χ0n) is 24.3. The van der Waals surface area contributed by atoms with Crippen LogP contribution in [-0.4, -0.2) is 31.1 Å². The molecule has 1 fully saturated rings. The van der Waals surface area contributed by atoms with Crippen molar-refractivity contribution >= 4 is 11.8 Å². The second-order valence-corrected chi connectivity index (χ2v) is 10.4. The molecule has 0 amide bonds. The third kappa shape index (κ3) is 16.0. The Hall–Kier alpha value is -1.68. The largest absolute Gasteiger partial charge is 0.464 e. The molecule has 1 aliphatic carbocycles. The summed E-state index contributed by atoms with van der Waals surface area (Å²) in [5, 5.41) is 0. The summed E-state index contributed by atoms with van der Waals surface area (Å²) >= 11 is 0. The molecule has 1 rings (SSSR count). The van der Waals surface area contributed by atoms with Crippen LogP contribution < -0.4 is 0 Å². The summed E-state index contributed by atoms with van der Waals surface area (Å²) in [5.41, 5.74) is 0. The normalized spacial score (nSPS) is 19.1. The number of hydrogen-bond donors (Lipinski definition) is 0. The first-order valence-electron chi connectivity index (χ1n) is 15.4. The monoisotopic (exact) mass is 516 g/mol. The Morgan fingerprint density at radius 3 is 2.16 bits per heavy atom. The van der Waals surface area contributed by atoms with Gasteiger partial charge < -0.3 is 9.47 Å². The molecule has 0 aliphatic heterocycles. The summed E-state index contributed by atoms with van der Waals surface area (Å²) in [6, 6.07) is 0. The minimum Gasteiger partial charge on any atom is -0.464 e. The fraction of sp³-hybridized carbons (Fsp3) is 0.758. The molecule has 0 aromatic heterocycles. The summed E-state index contributed by atoms with van der Waals surface area (Å²) < 4.78 is 11.6. The van der Waals surface area contributed by atoms with Gasteiger partial charge in [-0.3, -0.25) is 4.79 Å². The van der Waals surface area contributed by atoms with Crippen molar-refractivity contribution in [1.82, 2.24) is 0 Å². The summed E-state index contributed by atoms with van der Waals surface area (Å²) in [4.78, 5) is 25.3. The molecule has 1 saturated carbocycles. The first kappa shape index (κ1) is 33.3. The fourth-order valence-electron chi connectivity index (χ4n) is 4.96. The molecule has 0 aromatic rings. The number of unbranched alkanes of at least 4 members (excludes halogenated alkanes) is 9. The van der Waals surface area contributed by atoms with Crippen LogP contribution in [-0.2, 0) is 19.1 Å². The summed E-state index contributed by atoms with van der Waals surface area (Å²) in [6.07, 6.45) is 30.9. The third-order valence-electron chi connectivity index (χ3n) is 7.16. The summed E-state index contributed by atoms with van der Waals surface area (Å²) in [5.74, 6) is -0.219. The average molecular weight is 517 g/mol. The molecule has 0 spiro atoms. The highest BCUT2D eigenvalue weighted by Crippen LogP contribution is 2.36. The highest BCUT2D eigenvalue weighted by atomic mass is 16.6. The van der Waals surface area contributed by atoms with Gasteiger partial charge in [0.05, 0.1) is 6.61 Å². The standard InChI is InChI=1S/C33H56O4/c1-4-7-9-10-11-12-13-14-15-16-17-18-19-20-21-23-28-36-32(33(35)37-27-6-3)30-25-26-31(34)29(30)24-22-8-5-2/h8,11-12,14-15,22,29-30,32H,4-7,9-10,13,16-21,23-28H2,1-3H3/b12-11-,15-14-,22-8-. The van der Waals surface area contributed by atoms with E-state index in [9.17, 15) is 9.59 Å². The van der Waals surface area contributed by atoms with E-state index in [-0.39, 0.29) is 23.6 Å². The van der Waals surface area contributed by atoms with Crippen LogP contribution in [0.1, 0.15) is 130 Å². The molecule has 1 aliphatic rings. The molecule has 0 N–H and O–H groups in total. The van der Waals surface area contributed by atoms with Crippen molar-refractivity contribution in [1.29, 1.82) is 0 Å². The van der Waals surface area contributed by atoms with E-state index in [0.29, 0.717) is 26.1 Å². The molecule has 212 valence electrons. The van der Waals surface area contributed by atoms with Crippen LogP contribution in [0.3, 0.4) is 0 Å². The molecule has 4 heteroatoms. The van der Waals surface area contributed by atoms with E-state index >= 15 is 0 Å². The molecule has 3 atom stereocenters. The van der Waals surface area contributed by atoms with Crippen LogP contribution in [0, 0.1) is 11.8 Å². The molecule has 0 bridgehead atoms. The van der Waals surface area contributed by atoms with Crippen molar-refractivity contribution in [2.45, 2.75) is 136 Å². The smallest absolute Gasteiger partial charge is 0.335 e. The maximum absolute atomic E-state index is 12.8. The predicted octanol–water partition coefficient (Wildman–Crippen LogP) is 9.09. The van der Waals surface area contributed by atoms with Crippen molar-refractivity contribution in [3.63, 3.8) is 0 Å². The van der Waals surface area contributed by atoms with E-state index in [1.54, 1.807) is 0 Å². The van der Waals surface area contributed by atoms with Gasteiger partial charge in [0.1, 0.15) is 5.78 Å². The lowest BCUT2D eigenvalue weighted by Gasteiger charge is -2.26. The topological polar surface area (TPSA) is 52.6 Å². The van der Waals surface area contributed by atoms with Gasteiger partial charge in [-0.1, -0.05) is 95.8 Å². The van der Waals surface area contributed by atoms with E-state index in [4.69, 9.17) is 9.47 Å². The first-order chi connectivity index (χ1) is 18.2. The van der Waals surface area contributed by atoms with Crippen LogP contribution in [0.15, 0.2) is 36.5 Å². The Balaban J connectivity index is 2.25. The van der Waals surface area contributed by atoms with Crippen molar-refractivity contribution in [2.24, 2.45) is 11.8 Å². The Labute approximate surface area is 228 Å². The third-order valence-corrected chi connectivity index (χ3v) is 7.16. The first-order valence-corrected chi connectivity index (χ1v) is 15.4. The lowest BCUT2D eigenvalue weighted by atomic mass is 9.87. The second kappa shape index (κ2) is 23.4. The lowest BCUT2D eigenvalue weighted by Crippen LogP contribution is -2.37. The van der Waals surface area contributed by atoms with Gasteiger partial charge in [-0.15, -0.1) is 0 Å². The number of Topliss-reactive ketones (excluding diaryl/α,β-unsaturated/α-hetero) is 1. The zero-order valence-corrected chi connectivity index (χ0v) is 24.3. The fourth-order valence-corrected chi connectivity index (χ4v) is 4.96. The SMILES string of the molecule is CC/C=C\CC1C(=O)CCC1C(OCCCCCCCC/C=C\C/C=C\CCCCC)C(=O)OCCC. The Kier molecular flexibility index (Phi) is 21.1. The molecule has 4 nitrogen and oxygen atoms in total. The van der Waals surface area contributed by atoms with E-state index in [2.05, 4.69) is 50.3 Å². The number of ketones is 1. The maximum Gasteiger partial charge on any atom is 0.335 e. The minimum atomic E-state index is -0.615. The van der Waals surface area contributed by atoms with E-state index in [0.717, 1.165) is 38.5 Å². The minimum absolute atomic E-state index is 0.0667. The zero-order chi connectivity index (χ0) is 27.0. The number of rotatable bonds is 23. The van der Waals surface area contributed by atoms with Crippen LogP contribution in [0.5, 0.6) is 0 Å². The maximum atomic E-state index is 12.8. The van der Waals surface area contributed by atoms with Gasteiger partial charge in [-0.25, -0.2) is 4.79 Å². The Morgan fingerprint density at radius 1 is 0.811 bits per heavy atom. The Morgan fingerprint density at radius 2 is 1.49 bits per heavy atom. The van der Waals surface area contributed by atoms with Gasteiger partial charge in [-0.2, -0.15) is 0 Å². The molecule has 37 heavy (non-hydrogen) atoms. The van der Waals surface area contributed by atoms with E-state index in [1.807, 2.05) is 6.92 Å². The van der Waals surface area contributed by atoms with Gasteiger partial charge in [0.2, 0.25) is 0 Å². The molecule has 0 radical (unpaired) electrons. The molecular weight excluding hydrogens is 460 g/mol. The van der Waals surface area contributed by atoms with E-state index in [1.165, 1.54) is 57.8 Å². The lowest BCUT2D eigenvalue weighted by molar-refractivity contribution is -0.162. The molecule has 3 unspecified atom stereocenters. The van der Waals surface area contributed by atoms with Gasteiger partial charge in [0, 0.05) is 24.9 Å². The predicted molar refractivity (Wildman–Crippen MR) is 156 cm³/mol. The number of carbonyl (C=O) groups excluding carboxylic acids is 2. The number of ether oxygens (including phenoxy) is 2. The molecule has 0 heterocycles. The van der Waals surface area contributed by atoms with Gasteiger partial charge in [-0.05, 0) is 64.2 Å². The Bertz CT molecular complexity index is 663. The highest BCUT2D eigenvalue weighted by Gasteiger charge is 2.43. The summed E-state index contributed by atoms with van der Waals surface area (Å²) in [6.45, 7) is 7.29. The molecule has 0 aromatic carbocycles. The number of allylic oxidation sites excluding steroid dienone is 6. The van der Waals surface area contributed by atoms with Crippen LogP contribution >= 0.6 is 0 Å². The van der Waals surface area contributed by atoms with Crippen molar-refractivity contribution in [3.05, 3.63) is 36.5 Å². The summed E-state index contributed by atoms with van der Waals surface area (Å²) in [7, 11) is 0. The van der Waals surface area contributed by atoms with Crippen molar-refractivity contribution in [2.75, 3.05) is 13.2 Å². The van der Waals surface area contributed by atoms with E-state index < -0.39 is 6.10 Å². The quantitative estimate of drug-likeness (QED) is 0.0772. The highest BCUT2D eigenvalue weighted by molar-refractivity contribution is 5.85. The second-order valence-electron chi connectivity index (χ2n) is 10.4. The molecule has 0 saturated heterocycles. The number of hydrogen-bond acceptors (Lipinski definition) is 4. The average Bonchev–Trinajstić information content (AvgIpc) is 3.26. The van der Waals surface area contributed by atoms with Crippen molar-refractivity contribution in [3.8, 4) is 0 Å².